The molecule has 0 bridgehead atoms. The number of benzene rings is 1. The van der Waals surface area contributed by atoms with Gasteiger partial charge in [-0.15, -0.1) is 0 Å². The van der Waals surface area contributed by atoms with Crippen LogP contribution in [-0.4, -0.2) is 18.4 Å². The maximum Gasteiger partial charge on any atom is 0.243 e. The van der Waals surface area contributed by atoms with E-state index in [0.29, 0.717) is 6.42 Å². The molecule has 0 fully saturated rings. The van der Waals surface area contributed by atoms with E-state index >= 15 is 0 Å². The van der Waals surface area contributed by atoms with Gasteiger partial charge >= 0.3 is 0 Å². The number of hydrogen-bond donors (Lipinski definition) is 2. The van der Waals surface area contributed by atoms with Gasteiger partial charge in [-0.1, -0.05) is 39.8 Å². The van der Waals surface area contributed by atoms with Crippen molar-refractivity contribution in [2.75, 3.05) is 11.9 Å². The van der Waals surface area contributed by atoms with Crippen molar-refractivity contribution in [2.45, 2.75) is 40.5 Å². The van der Waals surface area contributed by atoms with Gasteiger partial charge in [-0.3, -0.25) is 9.59 Å². The molecule has 0 saturated heterocycles. The molecule has 0 aliphatic rings. The van der Waals surface area contributed by atoms with Crippen LogP contribution in [0.5, 0.6) is 0 Å². The second kappa shape index (κ2) is 7.92. The van der Waals surface area contributed by atoms with E-state index in [-0.39, 0.29) is 29.5 Å². The van der Waals surface area contributed by atoms with Crippen LogP contribution in [0.4, 0.5) is 10.1 Å². The summed E-state index contributed by atoms with van der Waals surface area (Å²) in [4.78, 5) is 23.5. The van der Waals surface area contributed by atoms with Crippen LogP contribution in [0.1, 0.15) is 40.5 Å². The minimum atomic E-state index is -0.499. The second-order valence-electron chi connectivity index (χ2n) is 6.88. The molecule has 0 aliphatic carbocycles. The molecule has 1 unspecified atom stereocenters. The quantitative estimate of drug-likeness (QED) is 0.847. The minimum absolute atomic E-state index is 0.114. The maximum absolute atomic E-state index is 13.4. The summed E-state index contributed by atoms with van der Waals surface area (Å²) < 4.78 is 13.4. The molecule has 0 aliphatic heterocycles. The van der Waals surface area contributed by atoms with Crippen molar-refractivity contribution in [2.24, 2.45) is 11.3 Å². The molecule has 5 heteroatoms. The number of anilines is 1. The highest BCUT2D eigenvalue weighted by Gasteiger charge is 2.18. The van der Waals surface area contributed by atoms with E-state index in [4.69, 9.17) is 0 Å². The fourth-order valence-electron chi connectivity index (χ4n) is 2.44. The zero-order valence-corrected chi connectivity index (χ0v) is 13.7. The third-order valence-electron chi connectivity index (χ3n) is 3.09. The van der Waals surface area contributed by atoms with Crippen molar-refractivity contribution in [3.63, 3.8) is 0 Å². The van der Waals surface area contributed by atoms with E-state index in [2.05, 4.69) is 31.4 Å². The zero-order chi connectivity index (χ0) is 16.8. The lowest BCUT2D eigenvalue weighted by atomic mass is 9.84. The Labute approximate surface area is 131 Å². The first kappa shape index (κ1) is 18.1. The SMILES string of the molecule is CC(CC(=O)NCC(=O)Nc1ccccc1F)CC(C)(C)C. The normalized spacial score (nSPS) is 12.6. The smallest absolute Gasteiger partial charge is 0.243 e. The van der Waals surface area contributed by atoms with Gasteiger partial charge in [0.1, 0.15) is 5.82 Å². The second-order valence-corrected chi connectivity index (χ2v) is 6.88. The minimum Gasteiger partial charge on any atom is -0.347 e. The Morgan fingerprint density at radius 2 is 1.82 bits per heavy atom. The van der Waals surface area contributed by atoms with Crippen LogP contribution in [0, 0.1) is 17.2 Å². The van der Waals surface area contributed by atoms with Crippen LogP contribution in [0.3, 0.4) is 0 Å². The predicted octanol–water partition coefficient (Wildman–Crippen LogP) is 3.34. The van der Waals surface area contributed by atoms with Crippen molar-refractivity contribution in [1.29, 1.82) is 0 Å². The summed E-state index contributed by atoms with van der Waals surface area (Å²) in [5.41, 5.74) is 0.282. The van der Waals surface area contributed by atoms with Crippen LogP contribution in [-0.2, 0) is 9.59 Å². The Kier molecular flexibility index (Phi) is 6.53. The highest BCUT2D eigenvalue weighted by Crippen LogP contribution is 2.25. The van der Waals surface area contributed by atoms with Crippen LogP contribution < -0.4 is 10.6 Å². The number of carbonyl (C=O) groups is 2. The van der Waals surface area contributed by atoms with E-state index in [9.17, 15) is 14.0 Å². The number of carbonyl (C=O) groups excluding carboxylic acids is 2. The summed E-state index contributed by atoms with van der Waals surface area (Å²) in [6.45, 7) is 8.25. The van der Waals surface area contributed by atoms with Gasteiger partial charge in [0.05, 0.1) is 12.2 Å². The van der Waals surface area contributed by atoms with Crippen LogP contribution in [0.2, 0.25) is 0 Å². The summed E-state index contributed by atoms with van der Waals surface area (Å²) in [7, 11) is 0. The maximum atomic E-state index is 13.4. The number of hydrogen-bond acceptors (Lipinski definition) is 2. The first-order valence-electron chi connectivity index (χ1n) is 7.48. The topological polar surface area (TPSA) is 58.2 Å². The monoisotopic (exact) mass is 308 g/mol. The number of para-hydroxylation sites is 1. The number of amides is 2. The van der Waals surface area contributed by atoms with Crippen molar-refractivity contribution in [1.82, 2.24) is 5.32 Å². The molecule has 0 aromatic heterocycles. The van der Waals surface area contributed by atoms with Gasteiger partial charge in [0.25, 0.3) is 0 Å². The Hall–Kier alpha value is -1.91. The van der Waals surface area contributed by atoms with Gasteiger partial charge in [-0.05, 0) is 29.9 Å². The van der Waals surface area contributed by atoms with E-state index < -0.39 is 11.7 Å². The summed E-state index contributed by atoms with van der Waals surface area (Å²) in [6, 6.07) is 5.91. The lowest BCUT2D eigenvalue weighted by Gasteiger charge is -2.22. The molecule has 122 valence electrons. The first-order chi connectivity index (χ1) is 10.2. The molecule has 1 atom stereocenters. The number of halogens is 1. The molecule has 0 heterocycles. The highest BCUT2D eigenvalue weighted by molar-refractivity contribution is 5.94. The molecule has 2 N–H and O–H groups in total. The summed E-state index contributed by atoms with van der Waals surface area (Å²) in [5.74, 6) is -0.863. The fraction of sp³-hybridized carbons (Fsp3) is 0.529. The van der Waals surface area contributed by atoms with E-state index in [1.807, 2.05) is 6.92 Å². The standard InChI is InChI=1S/C17H25FN2O2/c1-12(10-17(2,3)4)9-15(21)19-11-16(22)20-14-8-6-5-7-13(14)18/h5-8,12H,9-11H2,1-4H3,(H,19,21)(H,20,22). The molecule has 0 spiro atoms. The summed E-state index contributed by atoms with van der Waals surface area (Å²) in [5, 5.41) is 4.99. The van der Waals surface area contributed by atoms with Gasteiger partial charge < -0.3 is 10.6 Å². The molecular weight excluding hydrogens is 283 g/mol. The molecule has 2 amide bonds. The molecule has 22 heavy (non-hydrogen) atoms. The summed E-state index contributed by atoms with van der Waals surface area (Å²) in [6.07, 6.45) is 1.31. The Balaban J connectivity index is 2.35. The molecule has 1 rings (SSSR count). The molecule has 4 nitrogen and oxygen atoms in total. The van der Waals surface area contributed by atoms with Crippen LogP contribution in [0.15, 0.2) is 24.3 Å². The van der Waals surface area contributed by atoms with Crippen molar-refractivity contribution >= 4 is 17.5 Å². The average molecular weight is 308 g/mol. The van der Waals surface area contributed by atoms with E-state index in [1.54, 1.807) is 12.1 Å². The number of rotatable bonds is 6. The Morgan fingerprint density at radius 3 is 2.41 bits per heavy atom. The summed E-state index contributed by atoms with van der Waals surface area (Å²) >= 11 is 0. The fourth-order valence-corrected chi connectivity index (χ4v) is 2.44. The number of nitrogens with one attached hydrogen (secondary N) is 2. The lowest BCUT2D eigenvalue weighted by Crippen LogP contribution is -2.34. The Morgan fingerprint density at radius 1 is 1.18 bits per heavy atom. The van der Waals surface area contributed by atoms with Crippen molar-refractivity contribution in [3.8, 4) is 0 Å². The lowest BCUT2D eigenvalue weighted by molar-refractivity contribution is -0.124. The van der Waals surface area contributed by atoms with Gasteiger partial charge in [0.2, 0.25) is 11.8 Å². The van der Waals surface area contributed by atoms with Gasteiger partial charge in [0.15, 0.2) is 0 Å². The third-order valence-corrected chi connectivity index (χ3v) is 3.09. The predicted molar refractivity (Wildman–Crippen MR) is 85.9 cm³/mol. The van der Waals surface area contributed by atoms with E-state index in [1.165, 1.54) is 12.1 Å². The Bertz CT molecular complexity index is 524. The van der Waals surface area contributed by atoms with E-state index in [0.717, 1.165) is 6.42 Å². The molecule has 1 aromatic rings. The van der Waals surface area contributed by atoms with Crippen LogP contribution >= 0.6 is 0 Å². The highest BCUT2D eigenvalue weighted by atomic mass is 19.1. The molecule has 1 aromatic carbocycles. The van der Waals surface area contributed by atoms with Gasteiger partial charge in [-0.25, -0.2) is 4.39 Å². The van der Waals surface area contributed by atoms with Crippen molar-refractivity contribution < 1.29 is 14.0 Å². The molecule has 0 saturated carbocycles. The third kappa shape index (κ3) is 7.20. The van der Waals surface area contributed by atoms with Crippen LogP contribution in [0.25, 0.3) is 0 Å². The van der Waals surface area contributed by atoms with Gasteiger partial charge in [0, 0.05) is 6.42 Å². The largest absolute Gasteiger partial charge is 0.347 e. The first-order valence-corrected chi connectivity index (χ1v) is 7.48. The van der Waals surface area contributed by atoms with Gasteiger partial charge in [-0.2, -0.15) is 0 Å². The van der Waals surface area contributed by atoms with Crippen molar-refractivity contribution in [3.05, 3.63) is 30.1 Å². The average Bonchev–Trinajstić information content (AvgIpc) is 2.37. The zero-order valence-electron chi connectivity index (χ0n) is 13.7. The molecule has 0 radical (unpaired) electrons. The molecular formula is C17H25FN2O2.